The van der Waals surface area contributed by atoms with Crippen LogP contribution in [-0.2, 0) is 23.8 Å². The lowest BCUT2D eigenvalue weighted by Gasteiger charge is -2.43. The van der Waals surface area contributed by atoms with Crippen LogP contribution >= 0.6 is 0 Å². The second-order valence-electron chi connectivity index (χ2n) is 14.4. The summed E-state index contributed by atoms with van der Waals surface area (Å²) in [6, 6.07) is 9.32. The number of hydrogen-bond donors (Lipinski definition) is 3. The van der Waals surface area contributed by atoms with Crippen molar-refractivity contribution in [3.63, 3.8) is 0 Å². The Hall–Kier alpha value is -4.04. The first-order valence-electron chi connectivity index (χ1n) is 18.2. The minimum atomic E-state index is -4.59. The number of alkyl halides is 3. The Morgan fingerprint density at radius 2 is 1.57 bits per heavy atom. The topological polar surface area (TPSA) is 103 Å². The number of piperazine rings is 1. The monoisotopic (exact) mass is 712 g/mol. The number of carbonyl (C=O) groups is 3. The van der Waals surface area contributed by atoms with Crippen molar-refractivity contribution in [3.05, 3.63) is 58.7 Å². The molecular weight excluding hydrogens is 661 g/mol. The summed E-state index contributed by atoms with van der Waals surface area (Å²) in [4.78, 5) is 51.0. The number of amides is 5. The molecule has 0 bridgehead atoms. The molecule has 4 aliphatic rings. The maximum Gasteiger partial charge on any atom is 0.418 e. The average Bonchev–Trinajstić information content (AvgIpc) is 3.29. The van der Waals surface area contributed by atoms with Crippen LogP contribution < -0.4 is 16.0 Å². The highest BCUT2D eigenvalue weighted by Crippen LogP contribution is 2.37. The molecule has 0 aromatic heterocycles. The van der Waals surface area contributed by atoms with Crippen molar-refractivity contribution in [1.29, 1.82) is 0 Å². The number of nitrogens with zero attached hydrogens (tertiary/aromatic N) is 5. The van der Waals surface area contributed by atoms with Gasteiger partial charge in [0, 0.05) is 82.7 Å². The van der Waals surface area contributed by atoms with E-state index in [1.807, 2.05) is 29.2 Å². The average molecular weight is 713 g/mol. The molecule has 0 radical (unpaired) electrons. The van der Waals surface area contributed by atoms with E-state index in [1.54, 1.807) is 22.8 Å². The van der Waals surface area contributed by atoms with Crippen LogP contribution in [0.1, 0.15) is 47.9 Å². The summed E-state index contributed by atoms with van der Waals surface area (Å²) in [6.45, 7) is 7.47. The smallest absolute Gasteiger partial charge is 0.387 e. The fourth-order valence-electron chi connectivity index (χ4n) is 8.22. The number of hydrogen-bond acceptors (Lipinski definition) is 6. The van der Waals surface area contributed by atoms with Gasteiger partial charge in [0.25, 0.3) is 0 Å². The first-order chi connectivity index (χ1) is 24.4. The minimum Gasteiger partial charge on any atom is -0.387 e. The van der Waals surface area contributed by atoms with Gasteiger partial charge in [-0.2, -0.15) is 13.2 Å². The molecule has 4 heterocycles. The Bertz CT molecular complexity index is 1560. The van der Waals surface area contributed by atoms with Gasteiger partial charge in [-0.15, -0.1) is 0 Å². The Kier molecular flexibility index (Phi) is 11.3. The van der Waals surface area contributed by atoms with E-state index in [4.69, 9.17) is 0 Å². The molecule has 0 unspecified atom stereocenters. The summed E-state index contributed by atoms with van der Waals surface area (Å²) < 4.78 is 42.3. The second-order valence-corrected chi connectivity index (χ2v) is 14.4. The molecule has 3 N–H and O–H groups in total. The number of likely N-dealkylation sites (tertiary alicyclic amines) is 2. The third kappa shape index (κ3) is 8.54. The van der Waals surface area contributed by atoms with Crippen molar-refractivity contribution >= 4 is 29.3 Å². The number of fused-ring (bicyclic) bond motifs is 1. The van der Waals surface area contributed by atoms with E-state index >= 15 is 0 Å². The molecule has 0 spiro atoms. The lowest BCUT2D eigenvalue weighted by atomic mass is 9.97. The van der Waals surface area contributed by atoms with Crippen molar-refractivity contribution < 1.29 is 27.6 Å². The van der Waals surface area contributed by atoms with Crippen LogP contribution in [0.2, 0.25) is 0 Å². The largest absolute Gasteiger partial charge is 0.418 e. The molecule has 1 atom stereocenters. The zero-order chi connectivity index (χ0) is 36.3. The number of urea groups is 2. The molecule has 0 aliphatic carbocycles. The molecule has 4 aliphatic heterocycles. The lowest BCUT2D eigenvalue weighted by Crippen LogP contribution is -2.59. The van der Waals surface area contributed by atoms with Crippen molar-refractivity contribution in [2.45, 2.75) is 69.8 Å². The fourth-order valence-corrected chi connectivity index (χ4v) is 8.22. The Morgan fingerprint density at radius 1 is 0.902 bits per heavy atom. The summed E-state index contributed by atoms with van der Waals surface area (Å²) >= 11 is 0. The standard InChI is InChI=1S/C37H51F3N8O3/c1-25-22-26(23-30(33(25)41-2)37(38,39)40)24-32(34(49)46-20-18-45(19-21-46)28-9-13-44(3)14-10-28)43-35(50)47-15-11-29(12-16-47)48-17-8-27-6-4-5-7-31(27)42-36(48)51/h4-7,22-23,28-29,32,41H,8-21,24H2,1-3H3,(H,42,51)(H,43,50)/t32-/m1/s1. The molecule has 0 saturated carbocycles. The number of aryl methyl sites for hydroxylation is 1. The number of anilines is 2. The quantitative estimate of drug-likeness (QED) is 0.392. The lowest BCUT2D eigenvalue weighted by molar-refractivity contribution is -0.137. The summed E-state index contributed by atoms with van der Waals surface area (Å²) in [6.07, 6.45) is -0.611. The van der Waals surface area contributed by atoms with Crippen LogP contribution in [-0.4, -0.2) is 134 Å². The molecule has 14 heteroatoms. The van der Waals surface area contributed by atoms with Gasteiger partial charge in [-0.25, -0.2) is 9.59 Å². The highest BCUT2D eigenvalue weighted by Gasteiger charge is 2.37. The van der Waals surface area contributed by atoms with Gasteiger partial charge >= 0.3 is 18.2 Å². The van der Waals surface area contributed by atoms with Crippen LogP contribution in [0.15, 0.2) is 36.4 Å². The van der Waals surface area contributed by atoms with Crippen molar-refractivity contribution in [2.75, 3.05) is 83.6 Å². The maximum atomic E-state index is 14.1. The number of carbonyl (C=O) groups excluding carboxylic acids is 3. The van der Waals surface area contributed by atoms with E-state index < -0.39 is 23.8 Å². The number of rotatable bonds is 7. The number of nitrogens with one attached hydrogen (secondary N) is 3. The molecule has 278 valence electrons. The Labute approximate surface area is 298 Å². The fraction of sp³-hybridized carbons (Fsp3) is 0.595. The van der Waals surface area contributed by atoms with Crippen LogP contribution in [0, 0.1) is 6.92 Å². The number of para-hydroxylation sites is 1. The minimum absolute atomic E-state index is 0.00645. The number of halogens is 3. The number of benzene rings is 2. The van der Waals surface area contributed by atoms with Gasteiger partial charge in [-0.1, -0.05) is 24.3 Å². The highest BCUT2D eigenvalue weighted by molar-refractivity contribution is 5.91. The van der Waals surface area contributed by atoms with Crippen LogP contribution in [0.3, 0.4) is 0 Å². The van der Waals surface area contributed by atoms with Gasteiger partial charge in [0.15, 0.2) is 0 Å². The zero-order valence-corrected chi connectivity index (χ0v) is 29.9. The molecule has 5 amide bonds. The molecule has 6 rings (SSSR count). The third-order valence-corrected chi connectivity index (χ3v) is 11.2. The highest BCUT2D eigenvalue weighted by atomic mass is 19.4. The van der Waals surface area contributed by atoms with Crippen LogP contribution in [0.5, 0.6) is 0 Å². The summed E-state index contributed by atoms with van der Waals surface area (Å²) in [5.41, 5.74) is 1.84. The van der Waals surface area contributed by atoms with E-state index in [2.05, 4.69) is 32.8 Å². The first-order valence-corrected chi connectivity index (χ1v) is 18.2. The summed E-state index contributed by atoms with van der Waals surface area (Å²) in [5, 5.41) is 8.61. The van der Waals surface area contributed by atoms with Crippen LogP contribution in [0.25, 0.3) is 0 Å². The van der Waals surface area contributed by atoms with Gasteiger partial charge in [-0.05, 0) is 88.0 Å². The van der Waals surface area contributed by atoms with E-state index in [0.717, 1.165) is 62.8 Å². The molecule has 51 heavy (non-hydrogen) atoms. The normalized spacial score (nSPS) is 20.7. The van der Waals surface area contributed by atoms with Crippen molar-refractivity contribution in [1.82, 2.24) is 29.8 Å². The van der Waals surface area contributed by atoms with E-state index in [9.17, 15) is 27.6 Å². The van der Waals surface area contributed by atoms with Crippen molar-refractivity contribution in [2.24, 2.45) is 0 Å². The Morgan fingerprint density at radius 3 is 2.24 bits per heavy atom. The van der Waals surface area contributed by atoms with Crippen LogP contribution in [0.4, 0.5) is 34.1 Å². The van der Waals surface area contributed by atoms with E-state index in [0.29, 0.717) is 62.7 Å². The SMILES string of the molecule is CNc1c(C)cc(C[C@@H](NC(=O)N2CCC(N3CCc4ccccc4NC3=O)CC2)C(=O)N2CCN(C3CCN(C)CC3)CC2)cc1C(F)(F)F. The zero-order valence-electron chi connectivity index (χ0n) is 29.9. The van der Waals surface area contributed by atoms with Gasteiger partial charge in [-0.3, -0.25) is 9.69 Å². The molecule has 2 aromatic carbocycles. The second kappa shape index (κ2) is 15.7. The van der Waals surface area contributed by atoms with E-state index in [1.165, 1.54) is 7.05 Å². The van der Waals surface area contributed by atoms with E-state index in [-0.39, 0.29) is 30.1 Å². The van der Waals surface area contributed by atoms with Gasteiger partial charge in [0.05, 0.1) is 5.56 Å². The predicted molar refractivity (Wildman–Crippen MR) is 191 cm³/mol. The first kappa shape index (κ1) is 36.7. The number of piperidine rings is 2. The van der Waals surface area contributed by atoms with Gasteiger partial charge in [0.2, 0.25) is 5.91 Å². The van der Waals surface area contributed by atoms with Gasteiger partial charge < -0.3 is 35.6 Å². The van der Waals surface area contributed by atoms with Gasteiger partial charge in [0.1, 0.15) is 6.04 Å². The molecule has 2 aromatic rings. The predicted octanol–water partition coefficient (Wildman–Crippen LogP) is 4.47. The summed E-state index contributed by atoms with van der Waals surface area (Å²) in [7, 11) is 3.58. The molecular formula is C37H51F3N8O3. The van der Waals surface area contributed by atoms with Crippen molar-refractivity contribution in [3.8, 4) is 0 Å². The molecule has 11 nitrogen and oxygen atoms in total. The molecule has 3 fully saturated rings. The molecule has 3 saturated heterocycles. The summed E-state index contributed by atoms with van der Waals surface area (Å²) in [5.74, 6) is -0.286. The maximum absolute atomic E-state index is 14.1. The Balaban J connectivity index is 1.13. The third-order valence-electron chi connectivity index (χ3n) is 11.2.